The quantitative estimate of drug-likeness (QED) is 0.769. The second-order valence-corrected chi connectivity index (χ2v) is 6.65. The molecule has 114 valence electrons. The lowest BCUT2D eigenvalue weighted by Gasteiger charge is -2.30. The van der Waals surface area contributed by atoms with Crippen molar-refractivity contribution in [3.05, 3.63) is 41.0 Å². The molecule has 0 aliphatic carbocycles. The van der Waals surface area contributed by atoms with Gasteiger partial charge in [-0.2, -0.15) is 0 Å². The highest BCUT2D eigenvalue weighted by Crippen LogP contribution is 2.27. The SMILES string of the molecule is Cc1cccc(C2=CCN(C(=O)OC(C)(C)C)CC2)c1C. The second-order valence-electron chi connectivity index (χ2n) is 6.65. The zero-order chi connectivity index (χ0) is 15.6. The number of nitrogens with zero attached hydrogens (tertiary/aromatic N) is 1. The smallest absolute Gasteiger partial charge is 0.410 e. The highest BCUT2D eigenvalue weighted by atomic mass is 16.6. The van der Waals surface area contributed by atoms with Crippen LogP contribution in [0.1, 0.15) is 43.9 Å². The number of rotatable bonds is 1. The molecule has 0 fully saturated rings. The summed E-state index contributed by atoms with van der Waals surface area (Å²) in [5.74, 6) is 0. The van der Waals surface area contributed by atoms with Crippen LogP contribution in [0.3, 0.4) is 0 Å². The molecule has 2 rings (SSSR count). The third-order valence-corrected chi connectivity index (χ3v) is 3.81. The van der Waals surface area contributed by atoms with Crippen molar-refractivity contribution in [2.75, 3.05) is 13.1 Å². The van der Waals surface area contributed by atoms with E-state index in [9.17, 15) is 4.79 Å². The summed E-state index contributed by atoms with van der Waals surface area (Å²) in [7, 11) is 0. The third-order valence-electron chi connectivity index (χ3n) is 3.81. The number of ether oxygens (including phenoxy) is 1. The Morgan fingerprint density at radius 3 is 2.52 bits per heavy atom. The number of aryl methyl sites for hydroxylation is 1. The molecule has 1 aromatic rings. The fourth-order valence-electron chi connectivity index (χ4n) is 2.51. The van der Waals surface area contributed by atoms with Crippen LogP contribution in [0.4, 0.5) is 4.79 Å². The maximum Gasteiger partial charge on any atom is 0.410 e. The van der Waals surface area contributed by atoms with Crippen LogP contribution >= 0.6 is 0 Å². The molecule has 0 aromatic heterocycles. The van der Waals surface area contributed by atoms with E-state index in [0.717, 1.165) is 6.42 Å². The van der Waals surface area contributed by atoms with Crippen LogP contribution in [0.15, 0.2) is 24.3 Å². The van der Waals surface area contributed by atoms with E-state index in [1.807, 2.05) is 20.8 Å². The highest BCUT2D eigenvalue weighted by molar-refractivity contribution is 5.74. The lowest BCUT2D eigenvalue weighted by molar-refractivity contribution is 0.0270. The number of benzene rings is 1. The van der Waals surface area contributed by atoms with Crippen LogP contribution in [0.2, 0.25) is 0 Å². The average molecular weight is 287 g/mol. The van der Waals surface area contributed by atoms with Gasteiger partial charge in [0.25, 0.3) is 0 Å². The summed E-state index contributed by atoms with van der Waals surface area (Å²) >= 11 is 0. The topological polar surface area (TPSA) is 29.5 Å². The normalized spacial score (nSPS) is 15.7. The fraction of sp³-hybridized carbons (Fsp3) is 0.500. The molecule has 0 saturated heterocycles. The number of hydrogen-bond donors (Lipinski definition) is 0. The minimum Gasteiger partial charge on any atom is -0.444 e. The first kappa shape index (κ1) is 15.6. The monoisotopic (exact) mass is 287 g/mol. The van der Waals surface area contributed by atoms with Crippen molar-refractivity contribution in [3.8, 4) is 0 Å². The van der Waals surface area contributed by atoms with Crippen molar-refractivity contribution in [1.82, 2.24) is 4.90 Å². The summed E-state index contributed by atoms with van der Waals surface area (Å²) in [6.07, 6.45) is 2.80. The van der Waals surface area contributed by atoms with Crippen LogP contribution in [-0.4, -0.2) is 29.7 Å². The summed E-state index contributed by atoms with van der Waals surface area (Å²) in [5.41, 5.74) is 4.83. The average Bonchev–Trinajstić information content (AvgIpc) is 2.40. The minimum absolute atomic E-state index is 0.223. The molecule has 3 heteroatoms. The van der Waals surface area contributed by atoms with Gasteiger partial charge < -0.3 is 9.64 Å². The molecule has 21 heavy (non-hydrogen) atoms. The van der Waals surface area contributed by atoms with Gasteiger partial charge in [-0.15, -0.1) is 0 Å². The van der Waals surface area contributed by atoms with Crippen molar-refractivity contribution in [2.45, 2.75) is 46.6 Å². The molecule has 0 N–H and O–H groups in total. The van der Waals surface area contributed by atoms with E-state index >= 15 is 0 Å². The molecule has 1 heterocycles. The van der Waals surface area contributed by atoms with Gasteiger partial charge in [-0.1, -0.05) is 24.3 Å². The van der Waals surface area contributed by atoms with Gasteiger partial charge in [0.1, 0.15) is 5.60 Å². The Balaban J connectivity index is 2.09. The third kappa shape index (κ3) is 3.87. The van der Waals surface area contributed by atoms with E-state index in [1.54, 1.807) is 4.90 Å². The molecule has 3 nitrogen and oxygen atoms in total. The summed E-state index contributed by atoms with van der Waals surface area (Å²) in [4.78, 5) is 13.8. The van der Waals surface area contributed by atoms with Gasteiger partial charge in [0.15, 0.2) is 0 Å². The number of hydrogen-bond acceptors (Lipinski definition) is 2. The first-order valence-electron chi connectivity index (χ1n) is 7.51. The number of carbonyl (C=O) groups is 1. The van der Waals surface area contributed by atoms with Gasteiger partial charge in [0.2, 0.25) is 0 Å². The van der Waals surface area contributed by atoms with Gasteiger partial charge in [0.05, 0.1) is 0 Å². The molecule has 1 aliphatic heterocycles. The van der Waals surface area contributed by atoms with Crippen LogP contribution in [0, 0.1) is 13.8 Å². The fourth-order valence-corrected chi connectivity index (χ4v) is 2.51. The molecule has 0 atom stereocenters. The summed E-state index contributed by atoms with van der Waals surface area (Å²) in [5, 5.41) is 0. The zero-order valence-corrected chi connectivity index (χ0v) is 13.7. The first-order valence-corrected chi connectivity index (χ1v) is 7.51. The summed E-state index contributed by atoms with van der Waals surface area (Å²) in [6.45, 7) is 11.3. The lowest BCUT2D eigenvalue weighted by Crippen LogP contribution is -2.39. The zero-order valence-electron chi connectivity index (χ0n) is 13.7. The van der Waals surface area contributed by atoms with Crippen LogP contribution in [0.5, 0.6) is 0 Å². The van der Waals surface area contributed by atoms with Gasteiger partial charge >= 0.3 is 6.09 Å². The van der Waals surface area contributed by atoms with E-state index in [4.69, 9.17) is 4.74 Å². The van der Waals surface area contributed by atoms with Crippen molar-refractivity contribution in [2.24, 2.45) is 0 Å². The molecule has 1 aliphatic rings. The van der Waals surface area contributed by atoms with E-state index in [2.05, 4.69) is 38.1 Å². The number of carbonyl (C=O) groups excluding carboxylic acids is 1. The molecule has 0 spiro atoms. The molecule has 1 aromatic carbocycles. The van der Waals surface area contributed by atoms with Crippen LogP contribution < -0.4 is 0 Å². The lowest BCUT2D eigenvalue weighted by atomic mass is 9.93. The van der Waals surface area contributed by atoms with Gasteiger partial charge in [0, 0.05) is 13.1 Å². The first-order chi connectivity index (χ1) is 9.78. The maximum absolute atomic E-state index is 12.1. The Morgan fingerprint density at radius 2 is 1.95 bits per heavy atom. The Bertz CT molecular complexity index is 567. The maximum atomic E-state index is 12.1. The van der Waals surface area contributed by atoms with Gasteiger partial charge in [-0.05, 0) is 63.3 Å². The van der Waals surface area contributed by atoms with Crippen molar-refractivity contribution in [3.63, 3.8) is 0 Å². The Hall–Kier alpha value is -1.77. The summed E-state index contributed by atoms with van der Waals surface area (Å²) in [6, 6.07) is 6.39. The number of amides is 1. The predicted octanol–water partition coefficient (Wildman–Crippen LogP) is 4.33. The Morgan fingerprint density at radius 1 is 1.24 bits per heavy atom. The molecular weight excluding hydrogens is 262 g/mol. The standard InChI is InChI=1S/C18H25NO2/c1-13-7-6-8-16(14(13)2)15-9-11-19(12-10-15)17(20)21-18(3,4)5/h6-9H,10-12H2,1-5H3. The van der Waals surface area contributed by atoms with Crippen LogP contribution in [0.25, 0.3) is 5.57 Å². The highest BCUT2D eigenvalue weighted by Gasteiger charge is 2.24. The molecular formula is C18H25NO2. The second kappa shape index (κ2) is 5.92. The van der Waals surface area contributed by atoms with E-state index in [0.29, 0.717) is 13.1 Å². The van der Waals surface area contributed by atoms with E-state index in [1.165, 1.54) is 22.3 Å². The molecule has 0 saturated carbocycles. The van der Waals surface area contributed by atoms with Crippen molar-refractivity contribution in [1.29, 1.82) is 0 Å². The predicted molar refractivity (Wildman–Crippen MR) is 86.3 cm³/mol. The van der Waals surface area contributed by atoms with E-state index in [-0.39, 0.29) is 6.09 Å². The van der Waals surface area contributed by atoms with Gasteiger partial charge in [-0.3, -0.25) is 0 Å². The largest absolute Gasteiger partial charge is 0.444 e. The van der Waals surface area contributed by atoms with E-state index < -0.39 is 5.60 Å². The molecule has 0 unspecified atom stereocenters. The van der Waals surface area contributed by atoms with Gasteiger partial charge in [-0.25, -0.2) is 4.79 Å². The van der Waals surface area contributed by atoms with Crippen LogP contribution in [-0.2, 0) is 4.74 Å². The Kier molecular flexibility index (Phi) is 4.40. The molecule has 1 amide bonds. The van der Waals surface area contributed by atoms with Crippen molar-refractivity contribution >= 4 is 11.7 Å². The molecule has 0 bridgehead atoms. The summed E-state index contributed by atoms with van der Waals surface area (Å²) < 4.78 is 5.42. The van der Waals surface area contributed by atoms with Crippen molar-refractivity contribution < 1.29 is 9.53 Å². The molecule has 0 radical (unpaired) electrons. The minimum atomic E-state index is -0.436. The Labute approximate surface area is 127 Å².